The van der Waals surface area contributed by atoms with E-state index in [1.165, 1.54) is 6.26 Å². The van der Waals surface area contributed by atoms with E-state index < -0.39 is 0 Å². The zero-order chi connectivity index (χ0) is 15.9. The maximum absolute atomic E-state index is 11.8. The Morgan fingerprint density at radius 3 is 2.68 bits per heavy atom. The topological polar surface area (TPSA) is 76.4 Å². The Hall–Kier alpha value is -2.50. The lowest BCUT2D eigenvalue weighted by molar-refractivity contribution is 0.225. The monoisotopic (exact) mass is 303 g/mol. The van der Waals surface area contributed by atoms with Crippen LogP contribution in [0.4, 0.5) is 4.79 Å². The molecule has 0 fully saturated rings. The first-order chi connectivity index (χ1) is 10.6. The summed E-state index contributed by atoms with van der Waals surface area (Å²) in [6.07, 6.45) is 1.47. The van der Waals surface area contributed by atoms with Gasteiger partial charge in [0.15, 0.2) is 0 Å². The molecule has 0 aliphatic heterocycles. The first-order valence-corrected chi connectivity index (χ1v) is 7.19. The van der Waals surface area contributed by atoms with Crippen molar-refractivity contribution in [2.75, 3.05) is 6.61 Å². The van der Waals surface area contributed by atoms with Crippen LogP contribution in [0.3, 0.4) is 0 Å². The Kier molecular flexibility index (Phi) is 5.41. The van der Waals surface area contributed by atoms with Crippen LogP contribution in [0.25, 0.3) is 0 Å². The number of hydrogen-bond acceptors (Lipinski definition) is 4. The number of hydrogen-bond donors (Lipinski definition) is 2. The summed E-state index contributed by atoms with van der Waals surface area (Å²) in [5, 5.41) is 9.25. The fraction of sp³-hybridized carbons (Fsp3) is 0.375. The number of aromatic nitrogens is 1. The van der Waals surface area contributed by atoms with Crippen LogP contribution in [0.5, 0.6) is 5.75 Å². The summed E-state index contributed by atoms with van der Waals surface area (Å²) < 4.78 is 10.5. The van der Waals surface area contributed by atoms with E-state index in [0.29, 0.717) is 18.8 Å². The van der Waals surface area contributed by atoms with Crippen LogP contribution in [0.2, 0.25) is 0 Å². The van der Waals surface area contributed by atoms with Crippen LogP contribution in [0, 0.1) is 13.8 Å². The highest BCUT2D eigenvalue weighted by Gasteiger charge is 2.10. The first-order valence-electron chi connectivity index (χ1n) is 7.19. The van der Waals surface area contributed by atoms with E-state index in [9.17, 15) is 4.79 Å². The molecule has 0 saturated heterocycles. The molecule has 2 N–H and O–H groups in total. The molecule has 0 radical (unpaired) electrons. The predicted octanol–water partition coefficient (Wildman–Crippen LogP) is 2.56. The number of carbonyl (C=O) groups excluding carboxylic acids is 1. The maximum Gasteiger partial charge on any atom is 0.315 e. The summed E-state index contributed by atoms with van der Waals surface area (Å²) in [4.78, 5) is 11.8. The summed E-state index contributed by atoms with van der Waals surface area (Å²) in [7, 11) is 0. The molecule has 2 aromatic rings. The van der Waals surface area contributed by atoms with Gasteiger partial charge in [-0.05, 0) is 31.9 Å². The van der Waals surface area contributed by atoms with Gasteiger partial charge < -0.3 is 19.9 Å². The minimum Gasteiger partial charge on any atom is -0.491 e. The summed E-state index contributed by atoms with van der Waals surface area (Å²) in [5.41, 5.74) is 2.85. The van der Waals surface area contributed by atoms with Crippen LogP contribution in [0.15, 0.2) is 35.1 Å². The van der Waals surface area contributed by atoms with Crippen molar-refractivity contribution < 1.29 is 14.1 Å². The van der Waals surface area contributed by atoms with Crippen molar-refractivity contribution in [3.8, 4) is 5.75 Å². The van der Waals surface area contributed by atoms with Crippen molar-refractivity contribution in [2.24, 2.45) is 0 Å². The number of aryl methyl sites for hydroxylation is 2. The lowest BCUT2D eigenvalue weighted by Crippen LogP contribution is -2.43. The van der Waals surface area contributed by atoms with Crippen molar-refractivity contribution in [3.63, 3.8) is 0 Å². The number of benzene rings is 1. The molecule has 6 heteroatoms. The molecule has 6 nitrogen and oxygen atoms in total. The van der Waals surface area contributed by atoms with Crippen LogP contribution in [-0.4, -0.2) is 23.8 Å². The average Bonchev–Trinajstić information content (AvgIpc) is 2.98. The maximum atomic E-state index is 11.8. The summed E-state index contributed by atoms with van der Waals surface area (Å²) in [6.45, 7) is 6.63. The summed E-state index contributed by atoms with van der Waals surface area (Å²) in [6, 6.07) is 7.33. The molecule has 1 aromatic carbocycles. The Bertz CT molecular complexity index is 591. The highest BCUT2D eigenvalue weighted by Crippen LogP contribution is 2.22. The molecule has 1 atom stereocenters. The first kappa shape index (κ1) is 15.9. The predicted molar refractivity (Wildman–Crippen MR) is 82.7 cm³/mol. The second-order valence-corrected chi connectivity index (χ2v) is 5.25. The number of ether oxygens (including phenoxy) is 1. The van der Waals surface area contributed by atoms with E-state index in [4.69, 9.17) is 9.26 Å². The normalized spacial score (nSPS) is 11.8. The summed E-state index contributed by atoms with van der Waals surface area (Å²) in [5.74, 6) is 0.874. The second kappa shape index (κ2) is 7.49. The average molecular weight is 303 g/mol. The van der Waals surface area contributed by atoms with Gasteiger partial charge in [0.05, 0.1) is 12.6 Å². The Morgan fingerprint density at radius 1 is 1.32 bits per heavy atom. The molecule has 0 spiro atoms. The van der Waals surface area contributed by atoms with Crippen molar-refractivity contribution in [1.29, 1.82) is 0 Å². The van der Waals surface area contributed by atoms with Crippen LogP contribution in [0.1, 0.15) is 23.7 Å². The van der Waals surface area contributed by atoms with Crippen LogP contribution in [-0.2, 0) is 6.54 Å². The standard InChI is InChI=1S/C16H21N3O3/c1-11-5-4-6-12(2)15(11)21-10-13(3)18-16(20)17-9-14-7-8-22-19-14/h4-8,13H,9-10H2,1-3H3,(H2,17,18,20). The van der Waals surface area contributed by atoms with Gasteiger partial charge in [-0.3, -0.25) is 0 Å². The van der Waals surface area contributed by atoms with E-state index in [0.717, 1.165) is 16.9 Å². The minimum atomic E-state index is -0.263. The number of carbonyl (C=O) groups is 1. The van der Waals surface area contributed by atoms with Gasteiger partial charge in [-0.1, -0.05) is 23.4 Å². The van der Waals surface area contributed by atoms with Crippen LogP contribution < -0.4 is 15.4 Å². The van der Waals surface area contributed by atoms with Gasteiger partial charge in [0, 0.05) is 6.07 Å². The largest absolute Gasteiger partial charge is 0.491 e. The van der Waals surface area contributed by atoms with Crippen molar-refractivity contribution in [2.45, 2.75) is 33.4 Å². The van der Waals surface area contributed by atoms with Crippen LogP contribution >= 0.6 is 0 Å². The smallest absolute Gasteiger partial charge is 0.315 e. The highest BCUT2D eigenvalue weighted by atomic mass is 16.5. The third-order valence-corrected chi connectivity index (χ3v) is 3.19. The van der Waals surface area contributed by atoms with Crippen molar-refractivity contribution in [3.05, 3.63) is 47.3 Å². The molecular formula is C16H21N3O3. The molecule has 1 unspecified atom stereocenters. The van der Waals surface area contributed by atoms with Gasteiger partial charge in [-0.15, -0.1) is 0 Å². The Labute approximate surface area is 129 Å². The molecule has 0 saturated carbocycles. The lowest BCUT2D eigenvalue weighted by atomic mass is 10.1. The summed E-state index contributed by atoms with van der Waals surface area (Å²) >= 11 is 0. The highest BCUT2D eigenvalue weighted by molar-refractivity contribution is 5.74. The number of nitrogens with one attached hydrogen (secondary N) is 2. The molecule has 118 valence electrons. The lowest BCUT2D eigenvalue weighted by Gasteiger charge is -2.17. The number of amides is 2. The van der Waals surface area contributed by atoms with Crippen molar-refractivity contribution >= 4 is 6.03 Å². The molecule has 2 rings (SSSR count). The van der Waals surface area contributed by atoms with E-state index in [2.05, 4.69) is 15.8 Å². The number of urea groups is 1. The molecule has 2 amide bonds. The molecule has 1 heterocycles. The SMILES string of the molecule is Cc1cccc(C)c1OCC(C)NC(=O)NCc1ccon1. The fourth-order valence-electron chi connectivity index (χ4n) is 2.05. The Morgan fingerprint density at radius 2 is 2.05 bits per heavy atom. The zero-order valence-corrected chi connectivity index (χ0v) is 13.1. The van der Waals surface area contributed by atoms with Gasteiger partial charge in [-0.2, -0.15) is 0 Å². The third kappa shape index (κ3) is 4.51. The third-order valence-electron chi connectivity index (χ3n) is 3.19. The van der Waals surface area contributed by atoms with E-state index in [1.807, 2.05) is 39.0 Å². The molecule has 22 heavy (non-hydrogen) atoms. The molecule has 0 aliphatic carbocycles. The van der Waals surface area contributed by atoms with Gasteiger partial charge in [-0.25, -0.2) is 4.79 Å². The second-order valence-electron chi connectivity index (χ2n) is 5.25. The molecular weight excluding hydrogens is 282 g/mol. The van der Waals surface area contributed by atoms with Gasteiger partial charge in [0.2, 0.25) is 0 Å². The quantitative estimate of drug-likeness (QED) is 0.860. The van der Waals surface area contributed by atoms with Gasteiger partial charge in [0.1, 0.15) is 24.3 Å². The minimum absolute atomic E-state index is 0.115. The zero-order valence-electron chi connectivity index (χ0n) is 13.1. The molecule has 0 aliphatic rings. The Balaban J connectivity index is 1.75. The number of rotatable bonds is 6. The fourth-order valence-corrected chi connectivity index (χ4v) is 2.05. The number of para-hydroxylation sites is 1. The van der Waals surface area contributed by atoms with E-state index >= 15 is 0 Å². The van der Waals surface area contributed by atoms with Gasteiger partial charge in [0.25, 0.3) is 0 Å². The molecule has 1 aromatic heterocycles. The molecule has 0 bridgehead atoms. The van der Waals surface area contributed by atoms with Crippen molar-refractivity contribution in [1.82, 2.24) is 15.8 Å². The number of nitrogens with zero attached hydrogens (tertiary/aromatic N) is 1. The van der Waals surface area contributed by atoms with E-state index in [-0.39, 0.29) is 12.1 Å². The van der Waals surface area contributed by atoms with E-state index in [1.54, 1.807) is 6.07 Å². The van der Waals surface area contributed by atoms with Gasteiger partial charge >= 0.3 is 6.03 Å².